The van der Waals surface area contributed by atoms with Gasteiger partial charge >= 0.3 is 0 Å². The fourth-order valence-electron chi connectivity index (χ4n) is 3.23. The normalized spacial score (nSPS) is 13.0. The monoisotopic (exact) mass is 515 g/mol. The summed E-state index contributed by atoms with van der Waals surface area (Å²) < 4.78 is 10.8. The van der Waals surface area contributed by atoms with Gasteiger partial charge in [-0.3, -0.25) is 24.1 Å². The molecular formula is C21H22ClN9O3S. The summed E-state index contributed by atoms with van der Waals surface area (Å²) in [4.78, 5) is 27.9. The third-order valence-corrected chi connectivity index (χ3v) is 6.33. The van der Waals surface area contributed by atoms with Gasteiger partial charge in [0.05, 0.1) is 36.6 Å². The van der Waals surface area contributed by atoms with Crippen molar-refractivity contribution < 1.29 is 9.94 Å². The minimum Gasteiger partial charge on any atom is -0.479 e. The summed E-state index contributed by atoms with van der Waals surface area (Å²) in [5.74, 6) is 0.434. The SMILES string of the molecule is COc1nc[nH]c(=O)c1-n1c(NSN(O)C(C)C(C)c2ccc(Cl)cn2)nnc1-c1cccnc1. The van der Waals surface area contributed by atoms with Crippen molar-refractivity contribution in [2.75, 3.05) is 11.8 Å². The number of H-pyrrole nitrogens is 1. The van der Waals surface area contributed by atoms with Gasteiger partial charge in [0.15, 0.2) is 11.5 Å². The summed E-state index contributed by atoms with van der Waals surface area (Å²) in [7, 11) is 1.41. The van der Waals surface area contributed by atoms with Crippen molar-refractivity contribution in [3.05, 3.63) is 70.3 Å². The van der Waals surface area contributed by atoms with Crippen LogP contribution < -0.4 is 15.0 Å². The molecule has 0 aliphatic carbocycles. The lowest BCUT2D eigenvalue weighted by atomic mass is 10.00. The van der Waals surface area contributed by atoms with Crippen LogP contribution in [0, 0.1) is 0 Å². The van der Waals surface area contributed by atoms with Gasteiger partial charge in [0.1, 0.15) is 0 Å². The van der Waals surface area contributed by atoms with Crippen molar-refractivity contribution >= 4 is 29.7 Å². The fourth-order valence-corrected chi connectivity index (χ4v) is 4.00. The number of hydrogen-bond donors (Lipinski definition) is 3. The highest BCUT2D eigenvalue weighted by molar-refractivity contribution is 7.98. The molecule has 2 atom stereocenters. The molecule has 35 heavy (non-hydrogen) atoms. The first-order chi connectivity index (χ1) is 16.9. The van der Waals surface area contributed by atoms with Crippen molar-refractivity contribution in [1.29, 1.82) is 0 Å². The van der Waals surface area contributed by atoms with Crippen LogP contribution >= 0.6 is 23.7 Å². The molecule has 4 heterocycles. The lowest BCUT2D eigenvalue weighted by molar-refractivity contribution is -0.0241. The molecule has 4 aromatic rings. The first-order valence-corrected chi connectivity index (χ1v) is 11.6. The molecule has 0 fully saturated rings. The summed E-state index contributed by atoms with van der Waals surface area (Å²) in [6.07, 6.45) is 6.02. The molecule has 3 N–H and O–H groups in total. The smallest absolute Gasteiger partial charge is 0.279 e. The van der Waals surface area contributed by atoms with Crippen LogP contribution in [0.25, 0.3) is 17.1 Å². The molecule has 2 unspecified atom stereocenters. The first-order valence-electron chi connectivity index (χ1n) is 10.4. The zero-order chi connectivity index (χ0) is 24.9. The molecule has 12 nitrogen and oxygen atoms in total. The lowest BCUT2D eigenvalue weighted by Crippen LogP contribution is -2.30. The molecule has 0 saturated carbocycles. The predicted molar refractivity (Wildman–Crippen MR) is 132 cm³/mol. The zero-order valence-corrected chi connectivity index (χ0v) is 20.5. The molecule has 182 valence electrons. The number of halogens is 1. The summed E-state index contributed by atoms with van der Waals surface area (Å²) in [6, 6.07) is 6.73. The van der Waals surface area contributed by atoms with Crippen LogP contribution in [0.3, 0.4) is 0 Å². The summed E-state index contributed by atoms with van der Waals surface area (Å²) >= 11 is 6.80. The topological polar surface area (TPSA) is 147 Å². The number of rotatable bonds is 9. The van der Waals surface area contributed by atoms with E-state index in [2.05, 4.69) is 34.9 Å². The predicted octanol–water partition coefficient (Wildman–Crippen LogP) is 3.33. The van der Waals surface area contributed by atoms with Crippen molar-refractivity contribution in [2.24, 2.45) is 0 Å². The quantitative estimate of drug-likeness (QED) is 0.222. The number of hydrogen-bond acceptors (Lipinski definition) is 11. The summed E-state index contributed by atoms with van der Waals surface area (Å²) in [5.41, 5.74) is 0.986. The van der Waals surface area contributed by atoms with E-state index in [1.165, 1.54) is 18.0 Å². The van der Waals surface area contributed by atoms with Gasteiger partial charge in [-0.15, -0.1) is 14.7 Å². The van der Waals surface area contributed by atoms with E-state index < -0.39 is 5.56 Å². The molecule has 0 saturated heterocycles. The number of aromatic nitrogens is 7. The third kappa shape index (κ3) is 5.27. The van der Waals surface area contributed by atoms with E-state index in [1.54, 1.807) is 36.8 Å². The highest BCUT2D eigenvalue weighted by Crippen LogP contribution is 2.30. The van der Waals surface area contributed by atoms with E-state index in [-0.39, 0.29) is 29.5 Å². The number of hydroxylamine groups is 1. The Balaban J connectivity index is 1.64. The number of methoxy groups -OCH3 is 1. The van der Waals surface area contributed by atoms with Crippen molar-refractivity contribution in [3.8, 4) is 23.0 Å². The Kier molecular flexibility index (Phi) is 7.60. The van der Waals surface area contributed by atoms with Crippen LogP contribution in [0.2, 0.25) is 5.02 Å². The van der Waals surface area contributed by atoms with Crippen LogP contribution in [0.5, 0.6) is 5.88 Å². The van der Waals surface area contributed by atoms with Crippen LogP contribution in [0.15, 0.2) is 54.0 Å². The number of ether oxygens (including phenoxy) is 1. The largest absolute Gasteiger partial charge is 0.479 e. The van der Waals surface area contributed by atoms with Crippen molar-refractivity contribution in [3.63, 3.8) is 0 Å². The van der Waals surface area contributed by atoms with E-state index >= 15 is 0 Å². The molecule has 0 radical (unpaired) electrons. The van der Waals surface area contributed by atoms with Crippen LogP contribution in [0.1, 0.15) is 25.5 Å². The highest BCUT2D eigenvalue weighted by atomic mass is 35.5. The van der Waals surface area contributed by atoms with Gasteiger partial charge in [0.25, 0.3) is 5.56 Å². The molecule has 0 aromatic carbocycles. The number of nitrogens with one attached hydrogen (secondary N) is 2. The van der Waals surface area contributed by atoms with Gasteiger partial charge in [-0.05, 0) is 31.2 Å². The molecule has 0 aliphatic rings. The van der Waals surface area contributed by atoms with E-state index in [0.29, 0.717) is 16.4 Å². The highest BCUT2D eigenvalue weighted by Gasteiger charge is 2.26. The Morgan fingerprint density at radius 1 is 1.23 bits per heavy atom. The third-order valence-electron chi connectivity index (χ3n) is 5.31. The van der Waals surface area contributed by atoms with E-state index in [9.17, 15) is 10.0 Å². The van der Waals surface area contributed by atoms with Crippen LogP contribution in [0.4, 0.5) is 5.95 Å². The Labute approximate surface area is 209 Å². The molecule has 4 aromatic heterocycles. The Bertz CT molecular complexity index is 1330. The average Bonchev–Trinajstić information content (AvgIpc) is 3.30. The zero-order valence-electron chi connectivity index (χ0n) is 19.0. The van der Waals surface area contributed by atoms with Gasteiger partial charge in [-0.2, -0.15) is 0 Å². The molecule has 4 rings (SSSR count). The van der Waals surface area contributed by atoms with Gasteiger partial charge in [-0.25, -0.2) is 4.98 Å². The number of anilines is 1. The Hall–Kier alpha value is -3.52. The van der Waals surface area contributed by atoms with E-state index in [4.69, 9.17) is 16.3 Å². The molecule has 14 heteroatoms. The molecule has 0 amide bonds. The van der Waals surface area contributed by atoms with Crippen molar-refractivity contribution in [2.45, 2.75) is 25.8 Å². The number of aromatic amines is 1. The average molecular weight is 516 g/mol. The van der Waals surface area contributed by atoms with Gasteiger partial charge < -0.3 is 14.9 Å². The molecule has 0 aliphatic heterocycles. The second-order valence-electron chi connectivity index (χ2n) is 7.44. The minimum atomic E-state index is -0.466. The van der Waals surface area contributed by atoms with Gasteiger partial charge in [0.2, 0.25) is 11.8 Å². The van der Waals surface area contributed by atoms with E-state index in [1.807, 2.05) is 19.9 Å². The molecule has 0 bridgehead atoms. The lowest BCUT2D eigenvalue weighted by Gasteiger charge is -2.26. The second kappa shape index (κ2) is 10.8. The Morgan fingerprint density at radius 2 is 2.06 bits per heavy atom. The maximum atomic E-state index is 12.8. The minimum absolute atomic E-state index is 0.0678. The maximum Gasteiger partial charge on any atom is 0.279 e. The summed E-state index contributed by atoms with van der Waals surface area (Å²) in [6.45, 7) is 3.78. The standard InChI is InChI=1S/C21H22ClN9O3S/c1-12(16-7-6-15(22)10-24-16)13(2)31(33)35-29-21-28-27-18(14-5-4-8-23-9-14)30(21)17-19(32)25-11-26-20(17)34-3/h4-13,33H,1-3H3,(H,28,29)(H,25,26,32). The number of nitrogens with zero attached hydrogens (tertiary/aromatic N) is 7. The van der Waals surface area contributed by atoms with E-state index in [0.717, 1.165) is 22.3 Å². The second-order valence-corrected chi connectivity index (χ2v) is 8.64. The Morgan fingerprint density at radius 3 is 2.74 bits per heavy atom. The van der Waals surface area contributed by atoms with Crippen LogP contribution in [-0.4, -0.2) is 57.5 Å². The van der Waals surface area contributed by atoms with Crippen LogP contribution in [-0.2, 0) is 0 Å². The molecular weight excluding hydrogens is 494 g/mol. The van der Waals surface area contributed by atoms with Crippen molar-refractivity contribution in [1.82, 2.24) is 39.2 Å². The van der Waals surface area contributed by atoms with Gasteiger partial charge in [-0.1, -0.05) is 18.5 Å². The molecule has 0 spiro atoms. The number of pyridine rings is 2. The maximum absolute atomic E-state index is 12.8. The fraction of sp³-hybridized carbons (Fsp3) is 0.238. The summed E-state index contributed by atoms with van der Waals surface area (Å²) in [5, 5.41) is 19.7. The first kappa shape index (κ1) is 24.6. The van der Waals surface area contributed by atoms with Gasteiger partial charge in [0, 0.05) is 35.8 Å².